The van der Waals surface area contributed by atoms with Gasteiger partial charge in [-0.15, -0.1) is 0 Å². The van der Waals surface area contributed by atoms with Gasteiger partial charge in [-0.3, -0.25) is 13.9 Å². The fourth-order valence-electron chi connectivity index (χ4n) is 5.24. The first-order chi connectivity index (χ1) is 19.7. The molecular weight excluding hydrogens is 533 g/mol. The summed E-state index contributed by atoms with van der Waals surface area (Å²) in [4.78, 5) is 29.4. The van der Waals surface area contributed by atoms with E-state index in [0.29, 0.717) is 37.4 Å². The van der Waals surface area contributed by atoms with E-state index < -0.39 is 28.9 Å². The molecule has 41 heavy (non-hydrogen) atoms. The second-order valence-electron chi connectivity index (χ2n) is 10.2. The molecule has 2 heterocycles. The minimum atomic E-state index is -0.782. The Kier molecular flexibility index (Phi) is 8.30. The molecule has 1 fully saturated rings. The van der Waals surface area contributed by atoms with Gasteiger partial charge in [-0.25, -0.2) is 18.0 Å². The average molecular weight is 565 g/mol. The Labute approximate surface area is 235 Å². The zero-order valence-electron chi connectivity index (χ0n) is 22.6. The summed E-state index contributed by atoms with van der Waals surface area (Å²) in [7, 11) is 0. The van der Waals surface area contributed by atoms with Gasteiger partial charge in [0.1, 0.15) is 35.0 Å². The Hall–Kier alpha value is -4.31. The lowest BCUT2D eigenvalue weighted by Crippen LogP contribution is -2.48. The van der Waals surface area contributed by atoms with Crippen LogP contribution in [0, 0.1) is 24.4 Å². The van der Waals surface area contributed by atoms with Gasteiger partial charge in [0.15, 0.2) is 0 Å². The van der Waals surface area contributed by atoms with Crippen molar-refractivity contribution >= 4 is 5.69 Å². The van der Waals surface area contributed by atoms with Crippen LogP contribution in [0.15, 0.2) is 82.4 Å². The molecule has 4 aromatic rings. The Balaban J connectivity index is 1.49. The zero-order valence-corrected chi connectivity index (χ0v) is 22.6. The van der Waals surface area contributed by atoms with Gasteiger partial charge >= 0.3 is 5.69 Å². The van der Waals surface area contributed by atoms with Crippen LogP contribution >= 0.6 is 0 Å². The first-order valence-electron chi connectivity index (χ1n) is 13.5. The second kappa shape index (κ2) is 12.1. The molecule has 1 aliphatic rings. The molecule has 3 aromatic carbocycles. The monoisotopic (exact) mass is 564 g/mol. The number of hydrogen-bond acceptors (Lipinski definition) is 5. The van der Waals surface area contributed by atoms with Crippen molar-refractivity contribution in [2.75, 3.05) is 18.0 Å². The lowest BCUT2D eigenvalue weighted by molar-refractivity contribution is 0.170. The number of nitrogens with two attached hydrogens (primary N) is 1. The summed E-state index contributed by atoms with van der Waals surface area (Å²) in [6.07, 6.45) is 0.992. The lowest BCUT2D eigenvalue weighted by atomic mass is 10.1. The van der Waals surface area contributed by atoms with Gasteiger partial charge in [0.05, 0.1) is 13.1 Å². The summed E-state index contributed by atoms with van der Waals surface area (Å²) in [5.41, 5.74) is 6.26. The molecule has 0 radical (unpaired) electrons. The molecular formula is C31H31F3N4O3. The van der Waals surface area contributed by atoms with Crippen LogP contribution in [0.5, 0.6) is 5.75 Å². The quantitative estimate of drug-likeness (QED) is 0.340. The minimum Gasteiger partial charge on any atom is -0.490 e. The zero-order chi connectivity index (χ0) is 29.1. The Bertz CT molecular complexity index is 1610. The number of ether oxygens (including phenoxy) is 1. The number of piperidine rings is 1. The highest BCUT2D eigenvalue weighted by Crippen LogP contribution is 2.25. The highest BCUT2D eigenvalue weighted by Gasteiger charge is 2.28. The maximum absolute atomic E-state index is 14.6. The minimum absolute atomic E-state index is 0.112. The summed E-state index contributed by atoms with van der Waals surface area (Å²) in [6.45, 7) is 2.00. The van der Waals surface area contributed by atoms with E-state index in [0.717, 1.165) is 22.3 Å². The van der Waals surface area contributed by atoms with Gasteiger partial charge in [0.25, 0.3) is 5.56 Å². The number of halogens is 3. The summed E-state index contributed by atoms with van der Waals surface area (Å²) in [6, 6.07) is 17.7. The van der Waals surface area contributed by atoms with Gasteiger partial charge in [0.2, 0.25) is 0 Å². The number of rotatable bonds is 8. The summed E-state index contributed by atoms with van der Waals surface area (Å²) >= 11 is 0. The Morgan fingerprint density at radius 3 is 2.15 bits per heavy atom. The number of nitrogens with zero attached hydrogens (tertiary/aromatic N) is 3. The van der Waals surface area contributed by atoms with Crippen LogP contribution in [-0.4, -0.2) is 28.3 Å². The molecule has 5 rings (SSSR count). The van der Waals surface area contributed by atoms with Crippen LogP contribution in [0.4, 0.5) is 18.9 Å². The standard InChI is InChI=1S/C31H31F3N4O3/c1-20-29(36-16-14-24(15-17-36)41-23-12-10-22(32)11-13-23)30(39)38(19-28(35)21-6-3-2-4-7-21)31(40)37(20)18-25-26(33)8-5-9-27(25)34/h2-13,24,28H,14-19,35H2,1H3/t28-/m1/s1. The molecule has 0 unspecified atom stereocenters. The van der Waals surface area contributed by atoms with Gasteiger partial charge in [0, 0.05) is 43.2 Å². The fraction of sp³-hybridized carbons (Fsp3) is 0.290. The third kappa shape index (κ3) is 6.07. The number of anilines is 1. The van der Waals surface area contributed by atoms with Crippen molar-refractivity contribution in [2.24, 2.45) is 5.73 Å². The average Bonchev–Trinajstić information content (AvgIpc) is 2.97. The van der Waals surface area contributed by atoms with Crippen LogP contribution in [0.3, 0.4) is 0 Å². The number of aromatic nitrogens is 2. The molecule has 0 bridgehead atoms. The summed E-state index contributed by atoms with van der Waals surface area (Å²) in [5, 5.41) is 0. The van der Waals surface area contributed by atoms with E-state index in [4.69, 9.17) is 10.5 Å². The third-order valence-electron chi connectivity index (χ3n) is 7.52. The van der Waals surface area contributed by atoms with Crippen molar-refractivity contribution in [3.05, 3.63) is 128 Å². The molecule has 0 amide bonds. The van der Waals surface area contributed by atoms with Gasteiger partial charge < -0.3 is 15.4 Å². The van der Waals surface area contributed by atoms with Crippen molar-refractivity contribution in [3.63, 3.8) is 0 Å². The van der Waals surface area contributed by atoms with Crippen molar-refractivity contribution in [1.29, 1.82) is 0 Å². The maximum atomic E-state index is 14.6. The molecule has 0 saturated carbocycles. The van der Waals surface area contributed by atoms with Gasteiger partial charge in [-0.1, -0.05) is 36.4 Å². The van der Waals surface area contributed by atoms with E-state index in [1.54, 1.807) is 19.1 Å². The predicted molar refractivity (Wildman–Crippen MR) is 151 cm³/mol. The molecule has 0 spiro atoms. The summed E-state index contributed by atoms with van der Waals surface area (Å²) in [5.74, 6) is -1.36. The largest absolute Gasteiger partial charge is 0.490 e. The van der Waals surface area contributed by atoms with Gasteiger partial charge in [-0.2, -0.15) is 0 Å². The molecule has 1 aromatic heterocycles. The fourth-order valence-corrected chi connectivity index (χ4v) is 5.24. The normalized spacial score (nSPS) is 14.7. The molecule has 7 nitrogen and oxygen atoms in total. The smallest absolute Gasteiger partial charge is 0.331 e. The van der Waals surface area contributed by atoms with Crippen molar-refractivity contribution in [2.45, 2.75) is 45.0 Å². The van der Waals surface area contributed by atoms with Crippen LogP contribution in [0.1, 0.15) is 35.7 Å². The highest BCUT2D eigenvalue weighted by molar-refractivity contribution is 5.49. The highest BCUT2D eigenvalue weighted by atomic mass is 19.1. The number of benzene rings is 3. The van der Waals surface area contributed by atoms with Gasteiger partial charge in [-0.05, 0) is 48.9 Å². The number of hydrogen-bond donors (Lipinski definition) is 1. The van der Waals surface area contributed by atoms with E-state index in [2.05, 4.69) is 0 Å². The Morgan fingerprint density at radius 1 is 0.878 bits per heavy atom. The van der Waals surface area contributed by atoms with Crippen molar-refractivity contribution < 1.29 is 17.9 Å². The predicted octanol–water partition coefficient (Wildman–Crippen LogP) is 4.53. The lowest BCUT2D eigenvalue weighted by Gasteiger charge is -2.35. The molecule has 1 saturated heterocycles. The first kappa shape index (κ1) is 28.2. The van der Waals surface area contributed by atoms with E-state index in [-0.39, 0.29) is 36.3 Å². The van der Waals surface area contributed by atoms with Crippen LogP contribution in [0.25, 0.3) is 0 Å². The topological polar surface area (TPSA) is 82.5 Å². The molecule has 214 valence electrons. The molecule has 1 aliphatic heterocycles. The second-order valence-corrected chi connectivity index (χ2v) is 10.2. The maximum Gasteiger partial charge on any atom is 0.331 e. The van der Waals surface area contributed by atoms with E-state index in [1.807, 2.05) is 35.2 Å². The van der Waals surface area contributed by atoms with Crippen LogP contribution in [-0.2, 0) is 13.1 Å². The van der Waals surface area contributed by atoms with Crippen LogP contribution < -0.4 is 26.6 Å². The van der Waals surface area contributed by atoms with E-state index in [1.165, 1.54) is 22.8 Å². The molecule has 0 aliphatic carbocycles. The molecule has 10 heteroatoms. The van der Waals surface area contributed by atoms with E-state index >= 15 is 0 Å². The molecule has 2 N–H and O–H groups in total. The SMILES string of the molecule is Cc1c(N2CCC(Oc3ccc(F)cc3)CC2)c(=O)n(C[C@@H](N)c2ccccc2)c(=O)n1Cc1c(F)cccc1F. The van der Waals surface area contributed by atoms with Crippen molar-refractivity contribution in [3.8, 4) is 5.75 Å². The first-order valence-corrected chi connectivity index (χ1v) is 13.5. The van der Waals surface area contributed by atoms with Crippen LogP contribution in [0.2, 0.25) is 0 Å². The third-order valence-corrected chi connectivity index (χ3v) is 7.52. The summed E-state index contributed by atoms with van der Waals surface area (Å²) < 4.78 is 50.8. The Morgan fingerprint density at radius 2 is 1.51 bits per heavy atom. The van der Waals surface area contributed by atoms with E-state index in [9.17, 15) is 22.8 Å². The molecule has 1 atom stereocenters. The van der Waals surface area contributed by atoms with Crippen molar-refractivity contribution in [1.82, 2.24) is 9.13 Å².